The molecule has 2 N–H and O–H groups in total. The Labute approximate surface area is 99.3 Å². The molecule has 1 aromatic heterocycles. The van der Waals surface area contributed by atoms with Gasteiger partial charge in [0.15, 0.2) is 0 Å². The van der Waals surface area contributed by atoms with E-state index in [9.17, 15) is 4.79 Å². The molecule has 1 heterocycles. The minimum atomic E-state index is -0.132. The summed E-state index contributed by atoms with van der Waals surface area (Å²) in [6.07, 6.45) is 0. The molecule has 0 fully saturated rings. The number of hydrogen-bond donors (Lipinski definition) is 1. The lowest BCUT2D eigenvalue weighted by Gasteiger charge is -2.10. The third kappa shape index (κ3) is 2.15. The number of nitrogen functional groups attached to an aromatic ring is 1. The van der Waals surface area contributed by atoms with E-state index in [4.69, 9.17) is 10.5 Å². The molecule has 2 rings (SSSR count). The van der Waals surface area contributed by atoms with Gasteiger partial charge < -0.3 is 10.5 Å². The van der Waals surface area contributed by atoms with Crippen molar-refractivity contribution in [3.63, 3.8) is 0 Å². The van der Waals surface area contributed by atoms with Crippen LogP contribution in [0.25, 0.3) is 5.69 Å². The summed E-state index contributed by atoms with van der Waals surface area (Å²) < 4.78 is 6.68. The molecule has 0 aliphatic heterocycles. The second-order valence-corrected chi connectivity index (χ2v) is 3.80. The first-order valence-corrected chi connectivity index (χ1v) is 5.25. The van der Waals surface area contributed by atoms with Crippen molar-refractivity contribution in [3.8, 4) is 11.4 Å². The van der Waals surface area contributed by atoms with Crippen LogP contribution in [0.1, 0.15) is 5.69 Å². The summed E-state index contributed by atoms with van der Waals surface area (Å²) >= 11 is 0. The lowest BCUT2D eigenvalue weighted by Crippen LogP contribution is -2.20. The first kappa shape index (κ1) is 11.3. The maximum absolute atomic E-state index is 11.9. The molecule has 0 amide bonds. The van der Waals surface area contributed by atoms with Crippen LogP contribution >= 0.6 is 0 Å². The SMILES string of the molecule is COc1ccc(-n2c(C)cc(N)cc2=O)cc1. The van der Waals surface area contributed by atoms with Gasteiger partial charge >= 0.3 is 0 Å². The molecule has 88 valence electrons. The molecular formula is C13H14N2O2. The average molecular weight is 230 g/mol. The molecule has 0 atom stereocenters. The van der Waals surface area contributed by atoms with Crippen LogP contribution in [-0.2, 0) is 0 Å². The van der Waals surface area contributed by atoms with E-state index in [0.29, 0.717) is 5.69 Å². The monoisotopic (exact) mass is 230 g/mol. The van der Waals surface area contributed by atoms with Crippen LogP contribution in [0.3, 0.4) is 0 Å². The highest BCUT2D eigenvalue weighted by Crippen LogP contribution is 2.15. The van der Waals surface area contributed by atoms with Crippen molar-refractivity contribution in [2.24, 2.45) is 0 Å². The number of pyridine rings is 1. The zero-order chi connectivity index (χ0) is 12.4. The molecule has 4 heteroatoms. The molecule has 0 aliphatic carbocycles. The standard InChI is InChI=1S/C13H14N2O2/c1-9-7-10(14)8-13(16)15(9)11-3-5-12(17-2)6-4-11/h3-8H,14H2,1-2H3. The number of benzene rings is 1. The van der Waals surface area contributed by atoms with E-state index >= 15 is 0 Å². The molecule has 4 nitrogen and oxygen atoms in total. The van der Waals surface area contributed by atoms with Crippen LogP contribution in [0, 0.1) is 6.92 Å². The van der Waals surface area contributed by atoms with Crippen LogP contribution in [0.4, 0.5) is 5.69 Å². The van der Waals surface area contributed by atoms with Gasteiger partial charge in [-0.3, -0.25) is 9.36 Å². The van der Waals surface area contributed by atoms with Gasteiger partial charge in [-0.15, -0.1) is 0 Å². The van der Waals surface area contributed by atoms with Gasteiger partial charge in [-0.2, -0.15) is 0 Å². The second kappa shape index (κ2) is 4.33. The van der Waals surface area contributed by atoms with Gasteiger partial charge in [-0.1, -0.05) is 0 Å². The number of nitrogens with two attached hydrogens (primary N) is 1. The lowest BCUT2D eigenvalue weighted by atomic mass is 10.2. The molecule has 2 aromatic rings. The van der Waals surface area contributed by atoms with Crippen LogP contribution in [-0.4, -0.2) is 11.7 Å². The second-order valence-electron chi connectivity index (χ2n) is 3.80. The zero-order valence-corrected chi connectivity index (χ0v) is 9.81. The number of anilines is 1. The third-order valence-corrected chi connectivity index (χ3v) is 2.57. The molecule has 0 unspecified atom stereocenters. The Hall–Kier alpha value is -2.23. The van der Waals surface area contributed by atoms with Crippen molar-refractivity contribution in [1.82, 2.24) is 4.57 Å². The number of methoxy groups -OCH3 is 1. The highest BCUT2D eigenvalue weighted by molar-refractivity contribution is 5.44. The summed E-state index contributed by atoms with van der Waals surface area (Å²) in [4.78, 5) is 11.9. The highest BCUT2D eigenvalue weighted by Gasteiger charge is 2.04. The predicted molar refractivity (Wildman–Crippen MR) is 67.7 cm³/mol. The molecule has 17 heavy (non-hydrogen) atoms. The van der Waals surface area contributed by atoms with E-state index in [1.54, 1.807) is 17.7 Å². The maximum atomic E-state index is 11.9. The highest BCUT2D eigenvalue weighted by atomic mass is 16.5. The fourth-order valence-electron chi connectivity index (χ4n) is 1.79. The normalized spacial score (nSPS) is 10.2. The van der Waals surface area contributed by atoms with Gasteiger partial charge in [0.25, 0.3) is 5.56 Å². The first-order valence-electron chi connectivity index (χ1n) is 5.25. The van der Waals surface area contributed by atoms with Crippen molar-refractivity contribution in [2.75, 3.05) is 12.8 Å². The largest absolute Gasteiger partial charge is 0.497 e. The van der Waals surface area contributed by atoms with Gasteiger partial charge in [-0.25, -0.2) is 0 Å². The smallest absolute Gasteiger partial charge is 0.257 e. The summed E-state index contributed by atoms with van der Waals surface area (Å²) in [6, 6.07) is 10.5. The number of rotatable bonds is 2. The summed E-state index contributed by atoms with van der Waals surface area (Å²) in [5, 5.41) is 0. The Kier molecular flexibility index (Phi) is 2.87. The fourth-order valence-corrected chi connectivity index (χ4v) is 1.79. The van der Waals surface area contributed by atoms with E-state index in [-0.39, 0.29) is 5.56 Å². The fraction of sp³-hybridized carbons (Fsp3) is 0.154. The van der Waals surface area contributed by atoms with Crippen LogP contribution in [0.2, 0.25) is 0 Å². The minimum absolute atomic E-state index is 0.132. The maximum Gasteiger partial charge on any atom is 0.257 e. The number of ether oxygens (including phenoxy) is 1. The molecule has 1 aromatic carbocycles. The third-order valence-electron chi connectivity index (χ3n) is 2.57. The summed E-state index contributed by atoms with van der Waals surface area (Å²) in [5.41, 5.74) is 7.58. The number of nitrogens with zero attached hydrogens (tertiary/aromatic N) is 1. The summed E-state index contributed by atoms with van der Waals surface area (Å²) in [5.74, 6) is 0.759. The van der Waals surface area contributed by atoms with Crippen LogP contribution < -0.4 is 16.0 Å². The van der Waals surface area contributed by atoms with E-state index in [0.717, 1.165) is 17.1 Å². The Bertz CT molecular complexity index is 585. The Morgan fingerprint density at radius 1 is 1.18 bits per heavy atom. The predicted octanol–water partition coefficient (Wildman–Crippen LogP) is 1.74. The summed E-state index contributed by atoms with van der Waals surface area (Å²) in [7, 11) is 1.61. The van der Waals surface area contributed by atoms with Gasteiger partial charge in [0.1, 0.15) is 5.75 Å². The van der Waals surface area contributed by atoms with Gasteiger partial charge in [0.2, 0.25) is 0 Å². The van der Waals surface area contributed by atoms with E-state index in [2.05, 4.69) is 0 Å². The van der Waals surface area contributed by atoms with E-state index < -0.39 is 0 Å². The molecule has 0 radical (unpaired) electrons. The number of hydrogen-bond acceptors (Lipinski definition) is 3. The van der Waals surface area contributed by atoms with E-state index in [1.165, 1.54) is 6.07 Å². The quantitative estimate of drug-likeness (QED) is 0.854. The average Bonchev–Trinajstić information content (AvgIpc) is 2.28. The molecular weight excluding hydrogens is 216 g/mol. The Morgan fingerprint density at radius 2 is 1.82 bits per heavy atom. The number of aromatic nitrogens is 1. The van der Waals surface area contributed by atoms with Crippen molar-refractivity contribution < 1.29 is 4.74 Å². The number of aryl methyl sites for hydroxylation is 1. The molecule has 0 aliphatic rings. The Morgan fingerprint density at radius 3 is 2.35 bits per heavy atom. The van der Waals surface area contributed by atoms with Crippen molar-refractivity contribution in [2.45, 2.75) is 6.92 Å². The lowest BCUT2D eigenvalue weighted by molar-refractivity contribution is 0.414. The summed E-state index contributed by atoms with van der Waals surface area (Å²) in [6.45, 7) is 1.85. The topological polar surface area (TPSA) is 57.2 Å². The van der Waals surface area contributed by atoms with Crippen molar-refractivity contribution in [1.29, 1.82) is 0 Å². The van der Waals surface area contributed by atoms with Crippen LogP contribution in [0.15, 0.2) is 41.2 Å². The van der Waals surface area contributed by atoms with Crippen LogP contribution in [0.5, 0.6) is 5.75 Å². The minimum Gasteiger partial charge on any atom is -0.497 e. The molecule has 0 bridgehead atoms. The Balaban J connectivity index is 2.56. The van der Waals surface area contributed by atoms with Crippen molar-refractivity contribution >= 4 is 5.69 Å². The molecule has 0 saturated heterocycles. The van der Waals surface area contributed by atoms with E-state index in [1.807, 2.05) is 31.2 Å². The van der Waals surface area contributed by atoms with Gasteiger partial charge in [0, 0.05) is 23.1 Å². The van der Waals surface area contributed by atoms with Crippen molar-refractivity contribution in [3.05, 3.63) is 52.4 Å². The first-order chi connectivity index (χ1) is 8.11. The molecule has 0 saturated carbocycles. The molecule has 0 spiro atoms. The van der Waals surface area contributed by atoms with Gasteiger partial charge in [0.05, 0.1) is 7.11 Å². The zero-order valence-electron chi connectivity index (χ0n) is 9.81. The van der Waals surface area contributed by atoms with Gasteiger partial charge in [-0.05, 0) is 37.3 Å².